The van der Waals surface area contributed by atoms with Crippen molar-refractivity contribution in [3.8, 4) is 0 Å². The third-order valence-electron chi connectivity index (χ3n) is 8.85. The van der Waals surface area contributed by atoms with Crippen LogP contribution in [0.2, 0.25) is 0 Å². The SMILES string of the molecule is CC[C@](C)(NC(=O)[C@H](CCCCOC(=O)c1ccccc1)C(=O)OC(C)(C)C)C(=O)N[C@@H](Cc1ccccc1)C(=O)N1CCC[C@@H]1C(=O)OC(C)(C)C. The quantitative estimate of drug-likeness (QED) is 0.101. The molecule has 0 spiro atoms. The number of carbonyl (C=O) groups is 6. The van der Waals surface area contributed by atoms with Crippen LogP contribution in [0.25, 0.3) is 0 Å². The molecule has 0 bridgehead atoms. The highest BCUT2D eigenvalue weighted by Gasteiger charge is 2.43. The number of esters is 3. The zero-order valence-corrected chi connectivity index (χ0v) is 32.5. The second-order valence-corrected chi connectivity index (χ2v) is 15.7. The number of amides is 3. The van der Waals surface area contributed by atoms with Crippen molar-refractivity contribution in [3.05, 3.63) is 71.8 Å². The van der Waals surface area contributed by atoms with E-state index in [1.807, 2.05) is 30.3 Å². The first kappa shape index (κ1) is 42.7. The van der Waals surface area contributed by atoms with Gasteiger partial charge in [0.15, 0.2) is 0 Å². The fourth-order valence-electron chi connectivity index (χ4n) is 5.88. The molecule has 0 aromatic heterocycles. The molecule has 1 heterocycles. The zero-order chi connectivity index (χ0) is 39.4. The van der Waals surface area contributed by atoms with Gasteiger partial charge in [0.1, 0.15) is 34.7 Å². The van der Waals surface area contributed by atoms with E-state index in [1.165, 1.54) is 4.90 Å². The fraction of sp³-hybridized carbons (Fsp3) is 0.561. The van der Waals surface area contributed by atoms with Gasteiger partial charge in [-0.2, -0.15) is 0 Å². The number of benzene rings is 2. The van der Waals surface area contributed by atoms with E-state index in [9.17, 15) is 28.8 Å². The van der Waals surface area contributed by atoms with E-state index in [2.05, 4.69) is 10.6 Å². The lowest BCUT2D eigenvalue weighted by molar-refractivity contribution is -0.164. The van der Waals surface area contributed by atoms with Crippen molar-refractivity contribution >= 4 is 35.6 Å². The molecule has 4 atom stereocenters. The van der Waals surface area contributed by atoms with E-state index < -0.39 is 70.4 Å². The fourth-order valence-corrected chi connectivity index (χ4v) is 5.88. The van der Waals surface area contributed by atoms with Gasteiger partial charge in [-0.15, -0.1) is 0 Å². The summed E-state index contributed by atoms with van der Waals surface area (Å²) in [7, 11) is 0. The first-order valence-corrected chi connectivity index (χ1v) is 18.5. The van der Waals surface area contributed by atoms with Crippen LogP contribution < -0.4 is 10.6 Å². The number of ether oxygens (including phenoxy) is 3. The van der Waals surface area contributed by atoms with Gasteiger partial charge in [0.25, 0.3) is 0 Å². The van der Waals surface area contributed by atoms with Gasteiger partial charge in [0.05, 0.1) is 12.2 Å². The molecular formula is C41H57N3O9. The Balaban J connectivity index is 1.76. The Morgan fingerprint density at radius 3 is 2.02 bits per heavy atom. The number of hydrogen-bond acceptors (Lipinski definition) is 9. The number of likely N-dealkylation sites (tertiary alicyclic amines) is 1. The Kier molecular flexibility index (Phi) is 15.2. The Bertz CT molecular complexity index is 1570. The molecule has 0 unspecified atom stereocenters. The van der Waals surface area contributed by atoms with E-state index in [4.69, 9.17) is 14.2 Å². The summed E-state index contributed by atoms with van der Waals surface area (Å²) in [5.41, 5.74) is -1.91. The maximum absolute atomic E-state index is 14.2. The molecule has 1 aliphatic rings. The van der Waals surface area contributed by atoms with Crippen molar-refractivity contribution in [1.29, 1.82) is 0 Å². The highest BCUT2D eigenvalue weighted by atomic mass is 16.6. The molecule has 2 N–H and O–H groups in total. The van der Waals surface area contributed by atoms with Crippen molar-refractivity contribution in [1.82, 2.24) is 15.5 Å². The van der Waals surface area contributed by atoms with Gasteiger partial charge in [-0.25, -0.2) is 9.59 Å². The van der Waals surface area contributed by atoms with Crippen LogP contribution >= 0.6 is 0 Å². The number of unbranched alkanes of at least 4 members (excludes halogenated alkanes) is 1. The molecule has 0 radical (unpaired) electrons. The normalized spacial score (nSPS) is 16.8. The third kappa shape index (κ3) is 13.3. The van der Waals surface area contributed by atoms with Gasteiger partial charge >= 0.3 is 17.9 Å². The molecule has 3 amide bonds. The van der Waals surface area contributed by atoms with Gasteiger partial charge in [-0.1, -0.05) is 55.5 Å². The number of carbonyl (C=O) groups excluding carboxylic acids is 6. The Labute approximate surface area is 313 Å². The molecule has 53 heavy (non-hydrogen) atoms. The first-order valence-electron chi connectivity index (χ1n) is 18.5. The third-order valence-corrected chi connectivity index (χ3v) is 8.85. The second-order valence-electron chi connectivity index (χ2n) is 15.7. The molecule has 290 valence electrons. The van der Waals surface area contributed by atoms with Crippen LogP contribution in [0.15, 0.2) is 60.7 Å². The minimum Gasteiger partial charge on any atom is -0.462 e. The topological polar surface area (TPSA) is 157 Å². The summed E-state index contributed by atoms with van der Waals surface area (Å²) in [5, 5.41) is 5.66. The summed E-state index contributed by atoms with van der Waals surface area (Å²) in [6.45, 7) is 14.1. The predicted molar refractivity (Wildman–Crippen MR) is 199 cm³/mol. The molecule has 2 aromatic carbocycles. The number of rotatable bonds is 16. The van der Waals surface area contributed by atoms with Crippen LogP contribution in [0.5, 0.6) is 0 Å². The minimum absolute atomic E-state index is 0.0845. The summed E-state index contributed by atoms with van der Waals surface area (Å²) in [4.78, 5) is 82.3. The van der Waals surface area contributed by atoms with E-state index in [-0.39, 0.29) is 25.9 Å². The van der Waals surface area contributed by atoms with Crippen LogP contribution in [0.1, 0.15) is 110 Å². The Morgan fingerprint density at radius 1 is 0.830 bits per heavy atom. The average Bonchev–Trinajstić information content (AvgIpc) is 3.59. The maximum Gasteiger partial charge on any atom is 0.338 e. The van der Waals surface area contributed by atoms with Crippen LogP contribution in [-0.2, 0) is 44.6 Å². The minimum atomic E-state index is -1.52. The zero-order valence-electron chi connectivity index (χ0n) is 32.5. The highest BCUT2D eigenvalue weighted by molar-refractivity contribution is 6.01. The number of hydrogen-bond donors (Lipinski definition) is 2. The molecule has 12 heteroatoms. The van der Waals surface area contributed by atoms with E-state index in [0.717, 1.165) is 5.56 Å². The molecule has 1 aliphatic heterocycles. The van der Waals surface area contributed by atoms with E-state index >= 15 is 0 Å². The van der Waals surface area contributed by atoms with Crippen LogP contribution in [-0.4, -0.2) is 82.5 Å². The lowest BCUT2D eigenvalue weighted by Gasteiger charge is -2.34. The Hall–Kier alpha value is -4.74. The van der Waals surface area contributed by atoms with Crippen molar-refractivity contribution in [2.75, 3.05) is 13.2 Å². The summed E-state index contributed by atoms with van der Waals surface area (Å²) in [5.74, 6) is -4.71. The van der Waals surface area contributed by atoms with Crippen molar-refractivity contribution in [2.24, 2.45) is 5.92 Å². The maximum atomic E-state index is 14.2. The Morgan fingerprint density at radius 2 is 1.43 bits per heavy atom. The molecule has 3 rings (SSSR count). The first-order chi connectivity index (χ1) is 24.8. The van der Waals surface area contributed by atoms with Gasteiger partial charge in [-0.05, 0) is 105 Å². The summed E-state index contributed by atoms with van der Waals surface area (Å²) in [6.07, 6.45) is 2.16. The van der Waals surface area contributed by atoms with Crippen LogP contribution in [0.3, 0.4) is 0 Å². The monoisotopic (exact) mass is 735 g/mol. The lowest BCUT2D eigenvalue weighted by atomic mass is 9.93. The molecule has 0 saturated carbocycles. The number of nitrogens with zero attached hydrogens (tertiary/aromatic N) is 1. The van der Waals surface area contributed by atoms with Gasteiger partial charge in [-0.3, -0.25) is 19.2 Å². The lowest BCUT2D eigenvalue weighted by Crippen LogP contribution is -2.62. The van der Waals surface area contributed by atoms with Crippen LogP contribution in [0, 0.1) is 5.92 Å². The van der Waals surface area contributed by atoms with E-state index in [0.29, 0.717) is 37.8 Å². The number of nitrogens with one attached hydrogen (secondary N) is 2. The van der Waals surface area contributed by atoms with Gasteiger partial charge in [0, 0.05) is 13.0 Å². The van der Waals surface area contributed by atoms with Gasteiger partial charge in [0.2, 0.25) is 17.7 Å². The summed E-state index contributed by atoms with van der Waals surface area (Å²) in [6, 6.07) is 15.9. The molecule has 12 nitrogen and oxygen atoms in total. The van der Waals surface area contributed by atoms with Crippen LogP contribution in [0.4, 0.5) is 0 Å². The molecular weight excluding hydrogens is 678 g/mol. The smallest absolute Gasteiger partial charge is 0.338 e. The standard InChI is InChI=1S/C41H57N3O9/c1-9-41(8,43-33(45)30(36(48)52-39(2,3)4)23-16-17-26-51-35(47)29-21-14-11-15-22-29)38(50)42-31(27-28-19-12-10-13-20-28)34(46)44-25-18-24-32(44)37(49)53-40(5,6)7/h10-15,19-22,30-32H,9,16-18,23-27H2,1-8H3,(H,42,50)(H,43,45)/t30-,31-,32+,41-/m0/s1. The molecule has 1 saturated heterocycles. The second kappa shape index (κ2) is 18.8. The predicted octanol–water partition coefficient (Wildman–Crippen LogP) is 5.32. The highest BCUT2D eigenvalue weighted by Crippen LogP contribution is 2.24. The summed E-state index contributed by atoms with van der Waals surface area (Å²) < 4.78 is 16.6. The van der Waals surface area contributed by atoms with Crippen molar-refractivity contribution in [3.63, 3.8) is 0 Å². The molecule has 2 aromatic rings. The van der Waals surface area contributed by atoms with Gasteiger partial charge < -0.3 is 29.7 Å². The molecule has 1 fully saturated rings. The molecule has 0 aliphatic carbocycles. The van der Waals surface area contributed by atoms with E-state index in [1.54, 1.807) is 85.7 Å². The van der Waals surface area contributed by atoms with Crippen molar-refractivity contribution in [2.45, 2.75) is 129 Å². The average molecular weight is 736 g/mol. The van der Waals surface area contributed by atoms with Crippen molar-refractivity contribution < 1.29 is 43.0 Å². The largest absolute Gasteiger partial charge is 0.462 e. The summed E-state index contributed by atoms with van der Waals surface area (Å²) >= 11 is 0.